The van der Waals surface area contributed by atoms with Crippen molar-refractivity contribution in [2.75, 3.05) is 13.1 Å². The zero-order valence-electron chi connectivity index (χ0n) is 12.3. The summed E-state index contributed by atoms with van der Waals surface area (Å²) in [6.07, 6.45) is 3.48. The van der Waals surface area contributed by atoms with Crippen molar-refractivity contribution in [2.45, 2.75) is 38.5 Å². The van der Waals surface area contributed by atoms with Crippen molar-refractivity contribution in [2.24, 2.45) is 5.41 Å². The number of carboxylic acids is 1. The maximum atomic E-state index is 12.8. The van der Waals surface area contributed by atoms with Gasteiger partial charge in [0.25, 0.3) is 0 Å². The molecule has 2 unspecified atom stereocenters. The molecule has 112 valence electrons. The number of carbonyl (C=O) groups excluding carboxylic acids is 1. The highest BCUT2D eigenvalue weighted by molar-refractivity contribution is 5.86. The molecule has 3 rings (SSSR count). The fourth-order valence-electron chi connectivity index (χ4n) is 3.55. The van der Waals surface area contributed by atoms with E-state index in [4.69, 9.17) is 0 Å². The van der Waals surface area contributed by atoms with Gasteiger partial charge in [-0.1, -0.05) is 24.3 Å². The number of aliphatic carboxylic acids is 1. The highest BCUT2D eigenvalue weighted by Crippen LogP contribution is 2.36. The molecule has 1 aliphatic heterocycles. The van der Waals surface area contributed by atoms with E-state index < -0.39 is 11.4 Å². The summed E-state index contributed by atoms with van der Waals surface area (Å²) in [5.41, 5.74) is 1.61. The van der Waals surface area contributed by atoms with Gasteiger partial charge in [0.1, 0.15) is 0 Å². The Kier molecular flexibility index (Phi) is 3.47. The Morgan fingerprint density at radius 3 is 2.81 bits per heavy atom. The van der Waals surface area contributed by atoms with E-state index in [1.807, 2.05) is 18.2 Å². The summed E-state index contributed by atoms with van der Waals surface area (Å²) in [6.45, 7) is 2.62. The minimum Gasteiger partial charge on any atom is -0.481 e. The Hall–Kier alpha value is -1.84. The fraction of sp³-hybridized carbons (Fsp3) is 0.529. The highest BCUT2D eigenvalue weighted by atomic mass is 16.4. The molecule has 2 atom stereocenters. The van der Waals surface area contributed by atoms with Gasteiger partial charge >= 0.3 is 5.97 Å². The maximum absolute atomic E-state index is 12.8. The summed E-state index contributed by atoms with van der Waals surface area (Å²) < 4.78 is 0. The molecule has 21 heavy (non-hydrogen) atoms. The predicted octanol–water partition coefficient (Wildman–Crippen LogP) is 2.43. The largest absolute Gasteiger partial charge is 0.481 e. The number of hydrogen-bond donors (Lipinski definition) is 1. The molecule has 2 aliphatic rings. The van der Waals surface area contributed by atoms with Gasteiger partial charge in [-0.15, -0.1) is 0 Å². The minimum absolute atomic E-state index is 0.0916. The van der Waals surface area contributed by atoms with Gasteiger partial charge in [0.05, 0.1) is 11.3 Å². The van der Waals surface area contributed by atoms with Crippen molar-refractivity contribution < 1.29 is 14.7 Å². The van der Waals surface area contributed by atoms with E-state index in [9.17, 15) is 14.7 Å². The molecule has 1 aromatic carbocycles. The lowest BCUT2D eigenvalue weighted by Gasteiger charge is -2.29. The molecule has 1 heterocycles. The molecule has 1 fully saturated rings. The maximum Gasteiger partial charge on any atom is 0.311 e. The first kappa shape index (κ1) is 14.1. The lowest BCUT2D eigenvalue weighted by atomic mass is 9.82. The van der Waals surface area contributed by atoms with Crippen LogP contribution in [-0.4, -0.2) is 35.0 Å². The quantitative estimate of drug-likeness (QED) is 0.909. The Morgan fingerprint density at radius 1 is 1.33 bits per heavy atom. The Morgan fingerprint density at radius 2 is 2.10 bits per heavy atom. The van der Waals surface area contributed by atoms with Crippen LogP contribution in [0.25, 0.3) is 0 Å². The van der Waals surface area contributed by atoms with Crippen molar-refractivity contribution in [3.63, 3.8) is 0 Å². The van der Waals surface area contributed by atoms with Crippen LogP contribution in [0.5, 0.6) is 0 Å². The standard InChI is InChI=1S/C17H21NO3/c1-17(16(20)21)9-10-18(11-17)15(19)14-8-4-6-12-5-2-3-7-13(12)14/h2-3,5,7,14H,4,6,8-11H2,1H3,(H,20,21). The first-order valence-electron chi connectivity index (χ1n) is 7.61. The third-order valence-electron chi connectivity index (χ3n) is 4.97. The van der Waals surface area contributed by atoms with E-state index in [0.717, 1.165) is 24.8 Å². The van der Waals surface area contributed by atoms with E-state index in [1.165, 1.54) is 5.56 Å². The SMILES string of the molecule is CC1(C(=O)O)CCN(C(=O)C2CCCc3ccccc32)C1. The van der Waals surface area contributed by atoms with Crippen molar-refractivity contribution in [3.8, 4) is 0 Å². The lowest BCUT2D eigenvalue weighted by molar-refractivity contribution is -0.147. The van der Waals surface area contributed by atoms with Gasteiger partial charge < -0.3 is 10.0 Å². The number of carboxylic acid groups (broad SMARTS) is 1. The third-order valence-corrected chi connectivity index (χ3v) is 4.97. The van der Waals surface area contributed by atoms with Crippen molar-refractivity contribution in [1.82, 2.24) is 4.90 Å². The smallest absolute Gasteiger partial charge is 0.311 e. The minimum atomic E-state index is -0.804. The number of rotatable bonds is 2. The molecule has 1 saturated heterocycles. The van der Waals surface area contributed by atoms with Crippen LogP contribution in [-0.2, 0) is 16.0 Å². The Balaban J connectivity index is 1.80. The van der Waals surface area contributed by atoms with Crippen LogP contribution in [0.15, 0.2) is 24.3 Å². The summed E-state index contributed by atoms with van der Waals surface area (Å²) in [6, 6.07) is 8.14. The first-order valence-corrected chi connectivity index (χ1v) is 7.61. The van der Waals surface area contributed by atoms with Crippen LogP contribution in [0.1, 0.15) is 43.2 Å². The van der Waals surface area contributed by atoms with E-state index >= 15 is 0 Å². The summed E-state index contributed by atoms with van der Waals surface area (Å²) in [5, 5.41) is 9.30. The monoisotopic (exact) mass is 287 g/mol. The highest BCUT2D eigenvalue weighted by Gasteiger charge is 2.43. The zero-order chi connectivity index (χ0) is 15.0. The summed E-state index contributed by atoms with van der Waals surface area (Å²) in [5.74, 6) is -0.792. The van der Waals surface area contributed by atoms with Crippen molar-refractivity contribution >= 4 is 11.9 Å². The topological polar surface area (TPSA) is 57.6 Å². The summed E-state index contributed by atoms with van der Waals surface area (Å²) in [4.78, 5) is 25.9. The first-order chi connectivity index (χ1) is 10.0. The van der Waals surface area contributed by atoms with Crippen LogP contribution >= 0.6 is 0 Å². The second-order valence-corrected chi connectivity index (χ2v) is 6.52. The normalized spacial score (nSPS) is 28.2. The number of benzene rings is 1. The summed E-state index contributed by atoms with van der Waals surface area (Å²) >= 11 is 0. The van der Waals surface area contributed by atoms with Crippen LogP contribution in [0.3, 0.4) is 0 Å². The molecule has 4 nitrogen and oxygen atoms in total. The summed E-state index contributed by atoms with van der Waals surface area (Å²) in [7, 11) is 0. The number of nitrogens with zero attached hydrogens (tertiary/aromatic N) is 1. The zero-order valence-corrected chi connectivity index (χ0v) is 12.3. The van der Waals surface area contributed by atoms with Crippen LogP contribution in [0, 0.1) is 5.41 Å². The van der Waals surface area contributed by atoms with Crippen LogP contribution < -0.4 is 0 Å². The van der Waals surface area contributed by atoms with Gasteiger partial charge in [0.15, 0.2) is 0 Å². The molecule has 1 aliphatic carbocycles. The second kappa shape index (κ2) is 5.17. The molecule has 0 radical (unpaired) electrons. The molecule has 1 N–H and O–H groups in total. The fourth-order valence-corrected chi connectivity index (χ4v) is 3.55. The molecule has 4 heteroatoms. The van der Waals surface area contributed by atoms with E-state index in [0.29, 0.717) is 19.5 Å². The molecule has 0 aromatic heterocycles. The van der Waals surface area contributed by atoms with E-state index in [1.54, 1.807) is 11.8 Å². The van der Waals surface area contributed by atoms with Gasteiger partial charge in [-0.3, -0.25) is 9.59 Å². The van der Waals surface area contributed by atoms with Crippen molar-refractivity contribution in [3.05, 3.63) is 35.4 Å². The number of hydrogen-bond acceptors (Lipinski definition) is 2. The lowest BCUT2D eigenvalue weighted by Crippen LogP contribution is -2.38. The average Bonchev–Trinajstić information content (AvgIpc) is 2.90. The number of fused-ring (bicyclic) bond motifs is 1. The van der Waals surface area contributed by atoms with Gasteiger partial charge in [-0.25, -0.2) is 0 Å². The van der Waals surface area contributed by atoms with Gasteiger partial charge in [-0.05, 0) is 43.7 Å². The predicted molar refractivity (Wildman–Crippen MR) is 79.1 cm³/mol. The van der Waals surface area contributed by atoms with Crippen LogP contribution in [0.4, 0.5) is 0 Å². The van der Waals surface area contributed by atoms with Gasteiger partial charge in [0, 0.05) is 13.1 Å². The molecule has 0 spiro atoms. The molecule has 1 amide bonds. The van der Waals surface area contributed by atoms with Crippen LogP contribution in [0.2, 0.25) is 0 Å². The number of carbonyl (C=O) groups is 2. The molecular weight excluding hydrogens is 266 g/mol. The van der Waals surface area contributed by atoms with E-state index in [2.05, 4.69) is 6.07 Å². The number of amides is 1. The second-order valence-electron chi connectivity index (χ2n) is 6.52. The number of likely N-dealkylation sites (tertiary alicyclic amines) is 1. The third kappa shape index (κ3) is 2.43. The number of aryl methyl sites for hydroxylation is 1. The molecule has 0 bridgehead atoms. The Bertz CT molecular complexity index is 583. The molecule has 0 saturated carbocycles. The van der Waals surface area contributed by atoms with Crippen molar-refractivity contribution in [1.29, 1.82) is 0 Å². The Labute approximate surface area is 124 Å². The molecular formula is C17H21NO3. The average molecular weight is 287 g/mol. The molecule has 1 aromatic rings. The van der Waals surface area contributed by atoms with E-state index in [-0.39, 0.29) is 11.8 Å². The van der Waals surface area contributed by atoms with Gasteiger partial charge in [0.2, 0.25) is 5.91 Å². The van der Waals surface area contributed by atoms with Gasteiger partial charge in [-0.2, -0.15) is 0 Å².